The molecule has 7 nitrogen and oxygen atoms in total. The normalized spacial score (nSPS) is 11.4. The van der Waals surface area contributed by atoms with Crippen LogP contribution >= 0.6 is 7.82 Å². The summed E-state index contributed by atoms with van der Waals surface area (Å²) in [6.07, 6.45) is 0. The van der Waals surface area contributed by atoms with E-state index >= 15 is 0 Å². The standard InChI is InChI=1S/C21H24N3O4P/c25-29(26-22-16-19-10-4-1-5-11-19,27-23-17-20-12-6-2-7-13-20)28-24-18-21-14-8-3-9-15-21/h1-15,22-24H,16-18H2. The zero-order valence-electron chi connectivity index (χ0n) is 15.9. The quantitative estimate of drug-likeness (QED) is 0.302. The SMILES string of the molecule is O=P(ONCc1ccccc1)(ONCc1ccccc1)ONCc1ccccc1. The van der Waals surface area contributed by atoms with E-state index in [-0.39, 0.29) is 0 Å². The third-order valence-corrected chi connectivity index (χ3v) is 4.94. The number of hydrogen-bond donors (Lipinski definition) is 3. The predicted molar refractivity (Wildman–Crippen MR) is 111 cm³/mol. The summed E-state index contributed by atoms with van der Waals surface area (Å²) in [5.41, 5.74) is 10.8. The van der Waals surface area contributed by atoms with Gasteiger partial charge in [-0.25, -0.2) is 4.57 Å². The lowest BCUT2D eigenvalue weighted by Gasteiger charge is -2.18. The number of hydroxylamine groups is 3. The largest absolute Gasteiger partial charge is 0.524 e. The summed E-state index contributed by atoms with van der Waals surface area (Å²) in [6.45, 7) is 1.03. The fourth-order valence-electron chi connectivity index (χ4n) is 2.43. The summed E-state index contributed by atoms with van der Waals surface area (Å²) in [5.74, 6) is 0. The van der Waals surface area contributed by atoms with Gasteiger partial charge in [0.15, 0.2) is 0 Å². The Morgan fingerprint density at radius 1 is 0.517 bits per heavy atom. The van der Waals surface area contributed by atoms with Gasteiger partial charge in [-0.1, -0.05) is 91.0 Å². The van der Waals surface area contributed by atoms with Gasteiger partial charge in [0.25, 0.3) is 0 Å². The van der Waals surface area contributed by atoms with E-state index in [0.29, 0.717) is 19.6 Å². The molecule has 0 aliphatic rings. The zero-order valence-corrected chi connectivity index (χ0v) is 16.8. The lowest BCUT2D eigenvalue weighted by atomic mass is 10.2. The van der Waals surface area contributed by atoms with E-state index in [1.54, 1.807) is 0 Å². The first-order valence-electron chi connectivity index (χ1n) is 9.20. The molecule has 29 heavy (non-hydrogen) atoms. The topological polar surface area (TPSA) is 80.9 Å². The van der Waals surface area contributed by atoms with E-state index in [1.807, 2.05) is 91.0 Å². The number of rotatable bonds is 12. The van der Waals surface area contributed by atoms with E-state index in [0.717, 1.165) is 16.7 Å². The summed E-state index contributed by atoms with van der Waals surface area (Å²) < 4.78 is 28.7. The Labute approximate surface area is 170 Å². The van der Waals surface area contributed by atoms with Gasteiger partial charge in [-0.3, -0.25) is 0 Å². The molecule has 0 amide bonds. The van der Waals surface area contributed by atoms with Crippen LogP contribution in [-0.2, 0) is 38.1 Å². The molecule has 0 fully saturated rings. The van der Waals surface area contributed by atoms with E-state index < -0.39 is 7.82 Å². The van der Waals surface area contributed by atoms with E-state index in [4.69, 9.17) is 13.9 Å². The molecule has 0 aliphatic carbocycles. The second-order valence-electron chi connectivity index (χ2n) is 6.14. The van der Waals surface area contributed by atoms with Gasteiger partial charge in [-0.15, -0.1) is 0 Å². The molecule has 0 aromatic heterocycles. The van der Waals surface area contributed by atoms with Crippen LogP contribution in [0.5, 0.6) is 0 Å². The molecule has 3 rings (SSSR count). The van der Waals surface area contributed by atoms with Crippen molar-refractivity contribution in [2.45, 2.75) is 19.6 Å². The number of hydrogen-bond acceptors (Lipinski definition) is 7. The Bertz CT molecular complexity index is 765. The van der Waals surface area contributed by atoms with Gasteiger partial charge in [0.2, 0.25) is 0 Å². The minimum atomic E-state index is -3.96. The summed E-state index contributed by atoms with van der Waals surface area (Å²) in [6, 6.07) is 28.7. The van der Waals surface area contributed by atoms with Crippen LogP contribution in [0.4, 0.5) is 0 Å². The molecule has 0 saturated carbocycles. The van der Waals surface area contributed by atoms with Crippen LogP contribution in [0.2, 0.25) is 0 Å². The number of phosphoric acid groups is 1. The average molecular weight is 413 g/mol. The van der Waals surface area contributed by atoms with Crippen molar-refractivity contribution in [1.82, 2.24) is 16.4 Å². The van der Waals surface area contributed by atoms with E-state index in [2.05, 4.69) is 16.4 Å². The Morgan fingerprint density at radius 3 is 1.07 bits per heavy atom. The minimum Gasteiger partial charge on any atom is -0.223 e. The second kappa shape index (κ2) is 11.6. The average Bonchev–Trinajstić information content (AvgIpc) is 2.76. The van der Waals surface area contributed by atoms with Crippen molar-refractivity contribution < 1.29 is 18.4 Å². The summed E-state index contributed by atoms with van der Waals surface area (Å²) in [7, 11) is -3.96. The predicted octanol–water partition coefficient (Wildman–Crippen LogP) is 4.26. The smallest absolute Gasteiger partial charge is 0.223 e. The molecule has 152 valence electrons. The van der Waals surface area contributed by atoms with Crippen LogP contribution in [0.3, 0.4) is 0 Å². The maximum atomic E-state index is 12.9. The molecule has 0 aliphatic heterocycles. The lowest BCUT2D eigenvalue weighted by molar-refractivity contribution is 0.0115. The highest BCUT2D eigenvalue weighted by molar-refractivity contribution is 7.48. The Morgan fingerprint density at radius 2 is 0.793 bits per heavy atom. The fourth-order valence-corrected chi connectivity index (χ4v) is 3.21. The second-order valence-corrected chi connectivity index (χ2v) is 7.58. The Hall–Kier alpha value is -2.35. The summed E-state index contributed by atoms with van der Waals surface area (Å²) >= 11 is 0. The molecule has 8 heteroatoms. The third-order valence-electron chi connectivity index (χ3n) is 3.89. The lowest BCUT2D eigenvalue weighted by Crippen LogP contribution is -2.23. The minimum absolute atomic E-state index is 0.342. The highest BCUT2D eigenvalue weighted by atomic mass is 31.2. The first-order chi connectivity index (χ1) is 14.2. The van der Waals surface area contributed by atoms with Crippen molar-refractivity contribution in [3.63, 3.8) is 0 Å². The molecule has 0 radical (unpaired) electrons. The van der Waals surface area contributed by atoms with Crippen LogP contribution in [0, 0.1) is 0 Å². The molecule has 0 unspecified atom stereocenters. The molecule has 3 aromatic carbocycles. The summed E-state index contributed by atoms with van der Waals surface area (Å²) in [4.78, 5) is 0. The van der Waals surface area contributed by atoms with Gasteiger partial charge >= 0.3 is 7.82 Å². The van der Waals surface area contributed by atoms with E-state index in [1.165, 1.54) is 0 Å². The van der Waals surface area contributed by atoms with Crippen molar-refractivity contribution in [3.05, 3.63) is 108 Å². The first kappa shape index (κ1) is 21.4. The van der Waals surface area contributed by atoms with E-state index in [9.17, 15) is 4.57 Å². The first-order valence-corrected chi connectivity index (χ1v) is 10.7. The van der Waals surface area contributed by atoms with Gasteiger partial charge in [-0.05, 0) is 16.7 Å². The summed E-state index contributed by atoms with van der Waals surface area (Å²) in [5, 5.41) is 0. The van der Waals surface area contributed by atoms with Crippen LogP contribution in [0.15, 0.2) is 91.0 Å². The van der Waals surface area contributed by atoms with Crippen LogP contribution in [0.25, 0.3) is 0 Å². The molecule has 0 atom stereocenters. The monoisotopic (exact) mass is 413 g/mol. The van der Waals surface area contributed by atoms with Crippen molar-refractivity contribution >= 4 is 7.82 Å². The molecule has 0 spiro atoms. The van der Waals surface area contributed by atoms with Crippen LogP contribution in [-0.4, -0.2) is 0 Å². The van der Waals surface area contributed by atoms with Crippen molar-refractivity contribution in [3.8, 4) is 0 Å². The third kappa shape index (κ3) is 7.89. The Balaban J connectivity index is 1.52. The molecule has 0 bridgehead atoms. The number of nitrogens with one attached hydrogen (secondary N) is 3. The highest BCUT2D eigenvalue weighted by Gasteiger charge is 2.29. The molecule has 0 heterocycles. The fraction of sp³-hybridized carbons (Fsp3) is 0.143. The molecular weight excluding hydrogens is 389 g/mol. The number of benzene rings is 3. The van der Waals surface area contributed by atoms with Gasteiger partial charge in [-0.2, -0.15) is 30.3 Å². The maximum Gasteiger partial charge on any atom is 0.524 e. The zero-order chi connectivity index (χ0) is 20.2. The van der Waals surface area contributed by atoms with Crippen molar-refractivity contribution in [1.29, 1.82) is 0 Å². The molecule has 3 aromatic rings. The van der Waals surface area contributed by atoms with Gasteiger partial charge in [0.1, 0.15) is 0 Å². The van der Waals surface area contributed by atoms with Crippen molar-refractivity contribution in [2.24, 2.45) is 0 Å². The van der Waals surface area contributed by atoms with Gasteiger partial charge in [0.05, 0.1) is 0 Å². The Kier molecular flexibility index (Phi) is 8.55. The maximum absolute atomic E-state index is 12.9. The van der Waals surface area contributed by atoms with Gasteiger partial charge in [0, 0.05) is 19.6 Å². The van der Waals surface area contributed by atoms with Crippen LogP contribution < -0.4 is 16.4 Å². The van der Waals surface area contributed by atoms with Crippen LogP contribution in [0.1, 0.15) is 16.7 Å². The molecular formula is C21H24N3O4P. The highest BCUT2D eigenvalue weighted by Crippen LogP contribution is 2.46. The van der Waals surface area contributed by atoms with Crippen molar-refractivity contribution in [2.75, 3.05) is 0 Å². The van der Waals surface area contributed by atoms with Gasteiger partial charge < -0.3 is 0 Å². The molecule has 3 N–H and O–H groups in total. The molecule has 0 saturated heterocycles.